The summed E-state index contributed by atoms with van der Waals surface area (Å²) in [6.45, 7) is 4.03. The average molecular weight is 359 g/mol. The van der Waals surface area contributed by atoms with Crippen molar-refractivity contribution in [2.24, 2.45) is 0 Å². The minimum Gasteiger partial charge on any atom is -0.297 e. The lowest BCUT2D eigenvalue weighted by molar-refractivity contribution is -0.380. The van der Waals surface area contributed by atoms with Crippen LogP contribution in [0, 0.1) is 24.0 Å². The van der Waals surface area contributed by atoms with Gasteiger partial charge < -0.3 is 0 Å². The Kier molecular flexibility index (Phi) is 4.41. The number of aryl methyl sites for hydroxylation is 2. The summed E-state index contributed by atoms with van der Waals surface area (Å²) in [5, 5.41) is 15.7. The summed E-state index contributed by atoms with van der Waals surface area (Å²) >= 11 is 2.16. The van der Waals surface area contributed by atoms with Gasteiger partial charge in [-0.1, -0.05) is 29.0 Å². The highest BCUT2D eigenvalue weighted by atomic mass is 32.1. The van der Waals surface area contributed by atoms with E-state index in [0.717, 1.165) is 33.7 Å². The molecule has 6 nitrogen and oxygen atoms in total. The van der Waals surface area contributed by atoms with Crippen LogP contribution in [0.15, 0.2) is 35.7 Å². The summed E-state index contributed by atoms with van der Waals surface area (Å²) in [7, 11) is 0. The van der Waals surface area contributed by atoms with Crippen molar-refractivity contribution in [1.29, 1.82) is 0 Å². The second-order valence-electron chi connectivity index (χ2n) is 5.21. The molecule has 3 rings (SSSR count). The molecule has 3 aromatic rings. The van der Waals surface area contributed by atoms with E-state index in [4.69, 9.17) is 0 Å². The Bertz CT molecular complexity index is 930. The van der Waals surface area contributed by atoms with Gasteiger partial charge in [0.1, 0.15) is 0 Å². The summed E-state index contributed by atoms with van der Waals surface area (Å²) in [4.78, 5) is 27.1. The van der Waals surface area contributed by atoms with Crippen molar-refractivity contribution in [2.45, 2.75) is 13.8 Å². The highest BCUT2D eigenvalue weighted by Gasteiger charge is 2.17. The van der Waals surface area contributed by atoms with Gasteiger partial charge in [0.2, 0.25) is 0 Å². The van der Waals surface area contributed by atoms with E-state index >= 15 is 0 Å². The third kappa shape index (κ3) is 3.34. The number of aromatic nitrogens is 1. The van der Waals surface area contributed by atoms with Crippen LogP contribution < -0.4 is 5.32 Å². The van der Waals surface area contributed by atoms with Crippen LogP contribution in [0.5, 0.6) is 0 Å². The van der Waals surface area contributed by atoms with E-state index in [1.165, 1.54) is 23.5 Å². The number of hydrogen-bond acceptors (Lipinski definition) is 6. The second-order valence-corrected chi connectivity index (χ2v) is 7.13. The first-order valence-electron chi connectivity index (χ1n) is 7.03. The maximum absolute atomic E-state index is 12.2. The molecule has 0 fully saturated rings. The van der Waals surface area contributed by atoms with Gasteiger partial charge >= 0.3 is 5.00 Å². The van der Waals surface area contributed by atoms with E-state index < -0.39 is 10.8 Å². The van der Waals surface area contributed by atoms with Crippen molar-refractivity contribution < 1.29 is 9.72 Å². The van der Waals surface area contributed by atoms with Gasteiger partial charge in [-0.25, -0.2) is 4.98 Å². The molecule has 0 saturated carbocycles. The normalized spacial score (nSPS) is 10.6. The maximum atomic E-state index is 12.2. The number of nitro groups is 1. The van der Waals surface area contributed by atoms with E-state index in [9.17, 15) is 14.9 Å². The molecule has 122 valence electrons. The highest BCUT2D eigenvalue weighted by Crippen LogP contribution is 2.29. The van der Waals surface area contributed by atoms with E-state index in [-0.39, 0.29) is 9.88 Å². The number of thiazole rings is 1. The predicted octanol–water partition coefficient (Wildman–Crippen LogP) is 4.65. The quantitative estimate of drug-likeness (QED) is 0.543. The Morgan fingerprint density at radius 2 is 2.04 bits per heavy atom. The molecule has 0 aliphatic carbocycles. The van der Waals surface area contributed by atoms with Crippen LogP contribution in [-0.4, -0.2) is 15.8 Å². The Hall–Kier alpha value is -2.58. The van der Waals surface area contributed by atoms with Crippen LogP contribution in [-0.2, 0) is 0 Å². The van der Waals surface area contributed by atoms with Crippen LogP contribution in [0.3, 0.4) is 0 Å². The van der Waals surface area contributed by atoms with Crippen molar-refractivity contribution in [3.05, 3.63) is 61.8 Å². The fraction of sp³-hybridized carbons (Fsp3) is 0.125. The predicted molar refractivity (Wildman–Crippen MR) is 96.0 cm³/mol. The number of hydrogen-bond donors (Lipinski definition) is 1. The largest absolute Gasteiger partial charge is 0.324 e. The SMILES string of the molecule is Cc1ccc(C)c(-c2csc(NC(=O)c3ccc([N+](=O)[O-])s3)n2)c1. The van der Waals surface area contributed by atoms with E-state index in [1.54, 1.807) is 0 Å². The summed E-state index contributed by atoms with van der Waals surface area (Å²) in [5.74, 6) is -0.394. The summed E-state index contributed by atoms with van der Waals surface area (Å²) in [6, 6.07) is 8.89. The van der Waals surface area contributed by atoms with Crippen molar-refractivity contribution >= 4 is 38.7 Å². The topological polar surface area (TPSA) is 85.1 Å². The van der Waals surface area contributed by atoms with Crippen LogP contribution in [0.4, 0.5) is 10.1 Å². The fourth-order valence-electron chi connectivity index (χ4n) is 2.17. The number of anilines is 1. The molecule has 1 N–H and O–H groups in total. The lowest BCUT2D eigenvalue weighted by Crippen LogP contribution is -2.09. The fourth-order valence-corrected chi connectivity index (χ4v) is 3.59. The first-order valence-corrected chi connectivity index (χ1v) is 8.72. The third-order valence-corrected chi connectivity index (χ3v) is 5.18. The van der Waals surface area contributed by atoms with Crippen LogP contribution in [0.1, 0.15) is 20.8 Å². The molecule has 0 bridgehead atoms. The number of carbonyl (C=O) groups is 1. The van der Waals surface area contributed by atoms with Gasteiger partial charge in [-0.05, 0) is 31.5 Å². The molecular formula is C16H13N3O3S2. The number of nitrogens with one attached hydrogen (secondary N) is 1. The molecule has 24 heavy (non-hydrogen) atoms. The van der Waals surface area contributed by atoms with Gasteiger partial charge in [0, 0.05) is 17.0 Å². The van der Waals surface area contributed by atoms with E-state index in [0.29, 0.717) is 5.13 Å². The zero-order valence-corrected chi connectivity index (χ0v) is 14.5. The second kappa shape index (κ2) is 6.50. The number of amides is 1. The molecule has 0 unspecified atom stereocenters. The van der Waals surface area contributed by atoms with Gasteiger partial charge in [-0.15, -0.1) is 11.3 Å². The van der Waals surface area contributed by atoms with Crippen LogP contribution in [0.25, 0.3) is 11.3 Å². The van der Waals surface area contributed by atoms with Gasteiger partial charge in [0.15, 0.2) is 5.13 Å². The molecule has 2 aromatic heterocycles. The Balaban J connectivity index is 1.79. The first kappa shape index (κ1) is 16.3. The zero-order valence-electron chi connectivity index (χ0n) is 12.9. The smallest absolute Gasteiger partial charge is 0.297 e. The molecule has 8 heteroatoms. The number of nitrogens with zero attached hydrogens (tertiary/aromatic N) is 2. The standard InChI is InChI=1S/C16H13N3O3S2/c1-9-3-4-10(2)11(7-9)12-8-23-16(17-12)18-15(20)13-5-6-14(24-13)19(21)22/h3-8H,1-2H3,(H,17,18,20). The lowest BCUT2D eigenvalue weighted by Gasteiger charge is -2.03. The number of carbonyl (C=O) groups excluding carboxylic acids is 1. The molecule has 0 radical (unpaired) electrons. The van der Waals surface area contributed by atoms with Gasteiger partial charge in [-0.3, -0.25) is 20.2 Å². The summed E-state index contributed by atoms with van der Waals surface area (Å²) in [5.41, 5.74) is 4.07. The molecule has 1 aromatic carbocycles. The van der Waals surface area contributed by atoms with Gasteiger partial charge in [-0.2, -0.15) is 0 Å². The van der Waals surface area contributed by atoms with Crippen molar-refractivity contribution in [3.8, 4) is 11.3 Å². The molecule has 0 aliphatic rings. The Labute approximate surface area is 146 Å². The molecule has 0 aliphatic heterocycles. The molecule has 2 heterocycles. The Morgan fingerprint density at radius 1 is 1.25 bits per heavy atom. The first-order chi connectivity index (χ1) is 11.4. The van der Waals surface area contributed by atoms with Crippen molar-refractivity contribution in [3.63, 3.8) is 0 Å². The number of benzene rings is 1. The van der Waals surface area contributed by atoms with Gasteiger partial charge in [0.25, 0.3) is 5.91 Å². The third-order valence-electron chi connectivity index (χ3n) is 3.39. The number of rotatable bonds is 4. The van der Waals surface area contributed by atoms with E-state index in [2.05, 4.69) is 16.4 Å². The van der Waals surface area contributed by atoms with Crippen molar-refractivity contribution in [1.82, 2.24) is 4.98 Å². The van der Waals surface area contributed by atoms with Crippen LogP contribution >= 0.6 is 22.7 Å². The number of thiophene rings is 1. The average Bonchev–Trinajstić information content (AvgIpc) is 3.19. The zero-order chi connectivity index (χ0) is 17.3. The Morgan fingerprint density at radius 3 is 2.75 bits per heavy atom. The molecule has 1 amide bonds. The minimum atomic E-state index is -0.510. The molecular weight excluding hydrogens is 346 g/mol. The minimum absolute atomic E-state index is 0.0598. The molecule has 0 saturated heterocycles. The molecule has 0 spiro atoms. The molecule has 0 atom stereocenters. The monoisotopic (exact) mass is 359 g/mol. The van der Waals surface area contributed by atoms with E-state index in [1.807, 2.05) is 31.4 Å². The maximum Gasteiger partial charge on any atom is 0.324 e. The van der Waals surface area contributed by atoms with Crippen molar-refractivity contribution in [2.75, 3.05) is 5.32 Å². The van der Waals surface area contributed by atoms with Crippen LogP contribution in [0.2, 0.25) is 0 Å². The van der Waals surface area contributed by atoms with Gasteiger partial charge in [0.05, 0.1) is 15.5 Å². The summed E-state index contributed by atoms with van der Waals surface area (Å²) < 4.78 is 0. The highest BCUT2D eigenvalue weighted by molar-refractivity contribution is 7.17. The summed E-state index contributed by atoms with van der Waals surface area (Å²) in [6.07, 6.45) is 0. The lowest BCUT2D eigenvalue weighted by atomic mass is 10.0.